The molecule has 3 aromatic rings. The number of hydrogen-bond acceptors (Lipinski definition) is 2. The second kappa shape index (κ2) is 8.29. The minimum atomic E-state index is -0.215. The molecule has 0 atom stereocenters. The van der Waals surface area contributed by atoms with E-state index in [1.54, 1.807) is 18.2 Å². The molecule has 0 aliphatic heterocycles. The lowest BCUT2D eigenvalue weighted by molar-refractivity contribution is -0.111. The first-order chi connectivity index (χ1) is 14.1. The summed E-state index contributed by atoms with van der Waals surface area (Å²) in [6, 6.07) is 22.4. The molecule has 0 bridgehead atoms. The molecule has 29 heavy (non-hydrogen) atoms. The second-order valence-electron chi connectivity index (χ2n) is 6.83. The number of carbonyl (C=O) groups is 2. The Balaban J connectivity index is 1.40. The topological polar surface area (TPSA) is 46.2 Å². The van der Waals surface area contributed by atoms with Crippen LogP contribution in [0.25, 0.3) is 12.2 Å². The highest BCUT2D eigenvalue weighted by molar-refractivity contribution is 6.30. The van der Waals surface area contributed by atoms with Crippen molar-refractivity contribution in [2.75, 3.05) is 5.32 Å². The summed E-state index contributed by atoms with van der Waals surface area (Å²) < 4.78 is 0. The molecule has 0 unspecified atom stereocenters. The Hall–Kier alpha value is -3.43. The van der Waals surface area contributed by atoms with E-state index >= 15 is 0 Å². The van der Waals surface area contributed by atoms with E-state index in [4.69, 9.17) is 11.6 Å². The van der Waals surface area contributed by atoms with Crippen LogP contribution in [-0.4, -0.2) is 11.7 Å². The van der Waals surface area contributed by atoms with Gasteiger partial charge >= 0.3 is 0 Å². The molecule has 4 rings (SSSR count). The molecular weight excluding hydrogens is 382 g/mol. The lowest BCUT2D eigenvalue weighted by Crippen LogP contribution is -2.07. The van der Waals surface area contributed by atoms with Gasteiger partial charge in [-0.3, -0.25) is 9.59 Å². The van der Waals surface area contributed by atoms with Gasteiger partial charge in [-0.2, -0.15) is 0 Å². The Kier molecular flexibility index (Phi) is 5.41. The first-order valence-corrected chi connectivity index (χ1v) is 9.64. The molecular formula is C25H18ClNO2. The van der Waals surface area contributed by atoms with Crippen LogP contribution < -0.4 is 5.32 Å². The molecule has 1 N–H and O–H groups in total. The van der Waals surface area contributed by atoms with E-state index in [1.165, 1.54) is 6.08 Å². The van der Waals surface area contributed by atoms with Crippen molar-refractivity contribution in [1.29, 1.82) is 0 Å². The molecule has 1 aliphatic carbocycles. The number of anilines is 1. The number of nitrogens with one attached hydrogen (secondary N) is 1. The standard InChI is InChI=1S/C25H18ClNO2/c26-21-10-5-17(6-11-21)9-14-24(28)27-22-12-7-18(8-13-22)15-20-16-19-3-1-2-4-23(19)25(20)29/h1-15H,16H2,(H,27,28)/b14-9+,20-15+. The fraction of sp³-hybridized carbons (Fsp3) is 0.0400. The molecule has 0 saturated heterocycles. The lowest BCUT2D eigenvalue weighted by atomic mass is 10.1. The van der Waals surface area contributed by atoms with E-state index in [9.17, 15) is 9.59 Å². The fourth-order valence-electron chi connectivity index (χ4n) is 3.26. The fourth-order valence-corrected chi connectivity index (χ4v) is 3.39. The predicted octanol–water partition coefficient (Wildman–Crippen LogP) is 5.81. The molecule has 142 valence electrons. The first-order valence-electron chi connectivity index (χ1n) is 9.26. The van der Waals surface area contributed by atoms with Crippen molar-refractivity contribution in [1.82, 2.24) is 0 Å². The quantitative estimate of drug-likeness (QED) is 0.562. The van der Waals surface area contributed by atoms with E-state index in [0.29, 0.717) is 17.1 Å². The van der Waals surface area contributed by atoms with Crippen LogP contribution in [0, 0.1) is 0 Å². The first kappa shape index (κ1) is 18.9. The van der Waals surface area contributed by atoms with Crippen LogP contribution in [0.5, 0.6) is 0 Å². The summed E-state index contributed by atoms with van der Waals surface area (Å²) in [7, 11) is 0. The van der Waals surface area contributed by atoms with E-state index in [-0.39, 0.29) is 11.7 Å². The van der Waals surface area contributed by atoms with Crippen LogP contribution in [0.4, 0.5) is 5.69 Å². The zero-order valence-corrected chi connectivity index (χ0v) is 16.3. The highest BCUT2D eigenvalue weighted by atomic mass is 35.5. The van der Waals surface area contributed by atoms with Gasteiger partial charge in [0.1, 0.15) is 0 Å². The summed E-state index contributed by atoms with van der Waals surface area (Å²) in [6.07, 6.45) is 5.78. The van der Waals surface area contributed by atoms with Crippen molar-refractivity contribution in [3.8, 4) is 0 Å². The number of rotatable bonds is 4. The number of hydrogen-bond donors (Lipinski definition) is 1. The molecule has 3 nitrogen and oxygen atoms in total. The number of halogens is 1. The van der Waals surface area contributed by atoms with E-state index < -0.39 is 0 Å². The van der Waals surface area contributed by atoms with Crippen molar-refractivity contribution in [3.63, 3.8) is 0 Å². The van der Waals surface area contributed by atoms with Crippen LogP contribution in [0.1, 0.15) is 27.0 Å². The van der Waals surface area contributed by atoms with E-state index in [2.05, 4.69) is 5.32 Å². The maximum Gasteiger partial charge on any atom is 0.248 e. The Bertz CT molecular complexity index is 1130. The average molecular weight is 400 g/mol. The Labute approximate surface area is 174 Å². The zero-order chi connectivity index (χ0) is 20.2. The Morgan fingerprint density at radius 1 is 0.897 bits per heavy atom. The van der Waals surface area contributed by atoms with Crippen LogP contribution in [-0.2, 0) is 11.2 Å². The summed E-state index contributed by atoms with van der Waals surface area (Å²) in [5.41, 5.74) is 5.16. The molecule has 0 fully saturated rings. The molecule has 0 aromatic heterocycles. The summed E-state index contributed by atoms with van der Waals surface area (Å²) >= 11 is 5.85. The lowest BCUT2D eigenvalue weighted by Gasteiger charge is -2.03. The predicted molar refractivity (Wildman–Crippen MR) is 118 cm³/mol. The molecule has 0 radical (unpaired) electrons. The number of Topliss-reactive ketones (excluding diaryl/α,β-unsaturated/α-hetero) is 1. The van der Waals surface area contributed by atoms with Gasteiger partial charge < -0.3 is 5.32 Å². The summed E-state index contributed by atoms with van der Waals surface area (Å²) in [5, 5.41) is 3.49. The van der Waals surface area contributed by atoms with Crippen molar-refractivity contribution in [3.05, 3.63) is 112 Å². The van der Waals surface area contributed by atoms with Crippen molar-refractivity contribution in [2.24, 2.45) is 0 Å². The summed E-state index contributed by atoms with van der Waals surface area (Å²) in [5.74, 6) is -0.127. The number of benzene rings is 3. The molecule has 1 amide bonds. The third-order valence-electron chi connectivity index (χ3n) is 4.75. The van der Waals surface area contributed by atoms with Crippen molar-refractivity contribution in [2.45, 2.75) is 6.42 Å². The maximum atomic E-state index is 12.5. The van der Waals surface area contributed by atoms with Gasteiger partial charge in [0, 0.05) is 34.3 Å². The van der Waals surface area contributed by atoms with Crippen molar-refractivity contribution >= 4 is 41.1 Å². The maximum absolute atomic E-state index is 12.5. The Morgan fingerprint density at radius 2 is 1.59 bits per heavy atom. The smallest absolute Gasteiger partial charge is 0.248 e. The number of carbonyl (C=O) groups excluding carboxylic acids is 2. The van der Waals surface area contributed by atoms with Crippen molar-refractivity contribution < 1.29 is 9.59 Å². The SMILES string of the molecule is O=C(/C=C/c1ccc(Cl)cc1)Nc1ccc(/C=C2\Cc3ccccc3C2=O)cc1. The van der Waals surface area contributed by atoms with Gasteiger partial charge in [0.2, 0.25) is 5.91 Å². The normalized spacial score (nSPS) is 14.4. The minimum absolute atomic E-state index is 0.0883. The molecule has 0 spiro atoms. The van der Waals surface area contributed by atoms with Gasteiger partial charge in [0.25, 0.3) is 0 Å². The highest BCUT2D eigenvalue weighted by Gasteiger charge is 2.23. The molecule has 0 saturated carbocycles. The van der Waals surface area contributed by atoms with Gasteiger partial charge in [0.15, 0.2) is 5.78 Å². The average Bonchev–Trinajstić information content (AvgIpc) is 3.05. The number of fused-ring (bicyclic) bond motifs is 1. The van der Waals surface area contributed by atoms with E-state index in [1.807, 2.05) is 66.7 Å². The highest BCUT2D eigenvalue weighted by Crippen LogP contribution is 2.27. The number of ketones is 1. The van der Waals surface area contributed by atoms with Crippen LogP contribution in [0.15, 0.2) is 84.4 Å². The molecule has 1 aliphatic rings. The van der Waals surface area contributed by atoms with Gasteiger partial charge in [-0.15, -0.1) is 0 Å². The van der Waals surface area contributed by atoms with E-state index in [0.717, 1.165) is 27.8 Å². The molecule has 0 heterocycles. The molecule has 4 heteroatoms. The van der Waals surface area contributed by atoms with Crippen LogP contribution >= 0.6 is 11.6 Å². The molecule has 3 aromatic carbocycles. The number of amides is 1. The largest absolute Gasteiger partial charge is 0.323 e. The van der Waals surface area contributed by atoms with Gasteiger partial charge in [-0.25, -0.2) is 0 Å². The Morgan fingerprint density at radius 3 is 2.31 bits per heavy atom. The van der Waals surface area contributed by atoms with Crippen LogP contribution in [0.3, 0.4) is 0 Å². The summed E-state index contributed by atoms with van der Waals surface area (Å²) in [6.45, 7) is 0. The third-order valence-corrected chi connectivity index (χ3v) is 5.00. The monoisotopic (exact) mass is 399 g/mol. The second-order valence-corrected chi connectivity index (χ2v) is 7.27. The minimum Gasteiger partial charge on any atom is -0.323 e. The zero-order valence-electron chi connectivity index (χ0n) is 15.6. The number of allylic oxidation sites excluding steroid dienone is 1. The third kappa shape index (κ3) is 4.53. The van der Waals surface area contributed by atoms with Crippen LogP contribution in [0.2, 0.25) is 5.02 Å². The van der Waals surface area contributed by atoms with Gasteiger partial charge in [0.05, 0.1) is 0 Å². The van der Waals surface area contributed by atoms with Gasteiger partial charge in [-0.1, -0.05) is 60.1 Å². The van der Waals surface area contributed by atoms with Gasteiger partial charge in [-0.05, 0) is 53.1 Å². The summed E-state index contributed by atoms with van der Waals surface area (Å²) in [4.78, 5) is 24.6.